The van der Waals surface area contributed by atoms with Crippen LogP contribution in [0.5, 0.6) is 0 Å². The number of hydrogen-bond acceptors (Lipinski definition) is 3. The SMILES string of the molecule is CCOC(=O)CC=Cc1ccc(F)c(CC(=O)O)c1. The van der Waals surface area contributed by atoms with E-state index in [-0.39, 0.29) is 24.4 Å². The highest BCUT2D eigenvalue weighted by Crippen LogP contribution is 2.13. The van der Waals surface area contributed by atoms with Gasteiger partial charge in [0.15, 0.2) is 0 Å². The van der Waals surface area contributed by atoms with E-state index in [0.29, 0.717) is 12.2 Å². The Labute approximate surface area is 110 Å². The Balaban J connectivity index is 2.71. The van der Waals surface area contributed by atoms with Crippen molar-refractivity contribution in [1.29, 1.82) is 0 Å². The molecule has 4 nitrogen and oxygen atoms in total. The van der Waals surface area contributed by atoms with Crippen LogP contribution in [0.2, 0.25) is 0 Å². The van der Waals surface area contributed by atoms with E-state index in [9.17, 15) is 14.0 Å². The molecule has 5 heteroatoms. The molecule has 0 spiro atoms. The molecule has 1 N–H and O–H groups in total. The Bertz CT molecular complexity index is 494. The maximum atomic E-state index is 13.3. The molecule has 0 aromatic heterocycles. The van der Waals surface area contributed by atoms with Gasteiger partial charge in [-0.3, -0.25) is 9.59 Å². The summed E-state index contributed by atoms with van der Waals surface area (Å²) < 4.78 is 18.1. The van der Waals surface area contributed by atoms with E-state index < -0.39 is 11.8 Å². The Hall–Kier alpha value is -2.17. The van der Waals surface area contributed by atoms with Gasteiger partial charge >= 0.3 is 11.9 Å². The van der Waals surface area contributed by atoms with Crippen LogP contribution in [0.15, 0.2) is 24.3 Å². The van der Waals surface area contributed by atoms with Crippen LogP contribution >= 0.6 is 0 Å². The van der Waals surface area contributed by atoms with Crippen LogP contribution < -0.4 is 0 Å². The van der Waals surface area contributed by atoms with Crippen LogP contribution in [-0.4, -0.2) is 23.7 Å². The second-order valence-corrected chi connectivity index (χ2v) is 3.83. The van der Waals surface area contributed by atoms with Crippen LogP contribution in [0.3, 0.4) is 0 Å². The van der Waals surface area contributed by atoms with Crippen molar-refractivity contribution in [2.75, 3.05) is 6.61 Å². The number of benzene rings is 1. The quantitative estimate of drug-likeness (QED) is 0.803. The Morgan fingerprint density at radius 2 is 2.16 bits per heavy atom. The average Bonchev–Trinajstić information content (AvgIpc) is 2.33. The van der Waals surface area contributed by atoms with Gasteiger partial charge in [0.25, 0.3) is 0 Å². The zero-order valence-corrected chi connectivity index (χ0v) is 10.6. The third kappa shape index (κ3) is 5.33. The first-order valence-electron chi connectivity index (χ1n) is 5.85. The fourth-order valence-electron chi connectivity index (χ4n) is 1.51. The number of esters is 1. The number of hydrogen-bond donors (Lipinski definition) is 1. The summed E-state index contributed by atoms with van der Waals surface area (Å²) in [7, 11) is 0. The third-order valence-electron chi connectivity index (χ3n) is 2.31. The summed E-state index contributed by atoms with van der Waals surface area (Å²) in [5.41, 5.74) is 0.757. The molecule has 1 rings (SSSR count). The lowest BCUT2D eigenvalue weighted by atomic mass is 10.1. The topological polar surface area (TPSA) is 63.6 Å². The molecule has 0 aliphatic rings. The smallest absolute Gasteiger partial charge is 0.309 e. The van der Waals surface area contributed by atoms with Crippen molar-refractivity contribution in [3.8, 4) is 0 Å². The van der Waals surface area contributed by atoms with Crippen molar-refractivity contribution in [2.24, 2.45) is 0 Å². The Morgan fingerprint density at radius 1 is 1.42 bits per heavy atom. The molecule has 0 bridgehead atoms. The number of carbonyl (C=O) groups is 2. The second kappa shape index (κ2) is 7.31. The number of aliphatic carboxylic acids is 1. The first-order valence-corrected chi connectivity index (χ1v) is 5.85. The van der Waals surface area contributed by atoms with Crippen molar-refractivity contribution < 1.29 is 23.8 Å². The van der Waals surface area contributed by atoms with Gasteiger partial charge in [-0.25, -0.2) is 4.39 Å². The van der Waals surface area contributed by atoms with Gasteiger partial charge in [-0.2, -0.15) is 0 Å². The first-order chi connectivity index (χ1) is 9.02. The van der Waals surface area contributed by atoms with E-state index in [0.717, 1.165) is 0 Å². The van der Waals surface area contributed by atoms with Gasteiger partial charge < -0.3 is 9.84 Å². The van der Waals surface area contributed by atoms with Gasteiger partial charge in [0.1, 0.15) is 5.82 Å². The molecular weight excluding hydrogens is 251 g/mol. The molecule has 0 fully saturated rings. The minimum Gasteiger partial charge on any atom is -0.481 e. The predicted molar refractivity (Wildman–Crippen MR) is 68.0 cm³/mol. The lowest BCUT2D eigenvalue weighted by molar-refractivity contribution is -0.142. The Kier molecular flexibility index (Phi) is 5.73. The van der Waals surface area contributed by atoms with Crippen LogP contribution in [0.1, 0.15) is 24.5 Å². The molecule has 0 radical (unpaired) electrons. The van der Waals surface area contributed by atoms with Gasteiger partial charge in [-0.05, 0) is 30.2 Å². The molecule has 0 amide bonds. The maximum absolute atomic E-state index is 13.3. The highest BCUT2D eigenvalue weighted by atomic mass is 19.1. The first kappa shape index (κ1) is 14.9. The van der Waals surface area contributed by atoms with E-state index in [1.54, 1.807) is 19.1 Å². The highest BCUT2D eigenvalue weighted by molar-refractivity contribution is 5.73. The van der Waals surface area contributed by atoms with Gasteiger partial charge in [0.2, 0.25) is 0 Å². The van der Waals surface area contributed by atoms with Gasteiger partial charge in [-0.1, -0.05) is 18.2 Å². The van der Waals surface area contributed by atoms with Crippen molar-refractivity contribution in [3.63, 3.8) is 0 Å². The number of carboxylic acids is 1. The van der Waals surface area contributed by atoms with Crippen molar-refractivity contribution >= 4 is 18.0 Å². The number of ether oxygens (including phenoxy) is 1. The van der Waals surface area contributed by atoms with Crippen LogP contribution in [0.25, 0.3) is 6.08 Å². The zero-order valence-electron chi connectivity index (χ0n) is 10.6. The largest absolute Gasteiger partial charge is 0.481 e. The number of rotatable bonds is 6. The number of carboxylic acid groups (broad SMARTS) is 1. The summed E-state index contributed by atoms with van der Waals surface area (Å²) >= 11 is 0. The van der Waals surface area contributed by atoms with Gasteiger partial charge in [0.05, 0.1) is 19.4 Å². The predicted octanol–water partition coefficient (Wildman–Crippen LogP) is 2.42. The number of halogens is 1. The zero-order chi connectivity index (χ0) is 14.3. The summed E-state index contributed by atoms with van der Waals surface area (Å²) in [6.07, 6.45) is 2.97. The van der Waals surface area contributed by atoms with Crippen LogP contribution in [0, 0.1) is 5.82 Å². The highest BCUT2D eigenvalue weighted by Gasteiger charge is 2.07. The molecule has 19 heavy (non-hydrogen) atoms. The summed E-state index contributed by atoms with van der Waals surface area (Å²) in [6, 6.07) is 4.18. The molecule has 0 aliphatic heterocycles. The molecule has 1 aromatic carbocycles. The molecule has 0 aliphatic carbocycles. The lowest BCUT2D eigenvalue weighted by Crippen LogP contribution is -2.03. The summed E-state index contributed by atoms with van der Waals surface area (Å²) in [6.45, 7) is 2.05. The summed E-state index contributed by atoms with van der Waals surface area (Å²) in [5.74, 6) is -1.98. The van der Waals surface area contributed by atoms with Crippen molar-refractivity contribution in [1.82, 2.24) is 0 Å². The number of carbonyl (C=O) groups excluding carboxylic acids is 1. The molecule has 0 heterocycles. The molecule has 0 unspecified atom stereocenters. The molecule has 0 saturated heterocycles. The molecular formula is C14H15FO4. The fourth-order valence-corrected chi connectivity index (χ4v) is 1.51. The van der Waals surface area contributed by atoms with E-state index in [4.69, 9.17) is 9.84 Å². The van der Waals surface area contributed by atoms with Crippen molar-refractivity contribution in [3.05, 3.63) is 41.2 Å². The minimum atomic E-state index is -1.09. The molecule has 0 atom stereocenters. The molecule has 102 valence electrons. The van der Waals surface area contributed by atoms with Gasteiger partial charge in [-0.15, -0.1) is 0 Å². The van der Waals surface area contributed by atoms with E-state index >= 15 is 0 Å². The third-order valence-corrected chi connectivity index (χ3v) is 2.31. The van der Waals surface area contributed by atoms with Crippen LogP contribution in [0.4, 0.5) is 4.39 Å². The second-order valence-electron chi connectivity index (χ2n) is 3.83. The molecule has 1 aromatic rings. The Morgan fingerprint density at radius 3 is 2.79 bits per heavy atom. The maximum Gasteiger partial charge on any atom is 0.309 e. The van der Waals surface area contributed by atoms with Gasteiger partial charge in [0, 0.05) is 0 Å². The molecule has 0 saturated carbocycles. The standard InChI is InChI=1S/C14H15FO4/c1-2-19-14(18)5-3-4-10-6-7-12(15)11(8-10)9-13(16)17/h3-4,6-8H,2,5,9H2,1H3,(H,16,17). The lowest BCUT2D eigenvalue weighted by Gasteiger charge is -2.02. The van der Waals surface area contributed by atoms with E-state index in [2.05, 4.69) is 0 Å². The minimum absolute atomic E-state index is 0.116. The summed E-state index contributed by atoms with van der Waals surface area (Å²) in [4.78, 5) is 21.7. The monoisotopic (exact) mass is 266 g/mol. The van der Waals surface area contributed by atoms with Crippen LogP contribution in [-0.2, 0) is 20.7 Å². The van der Waals surface area contributed by atoms with E-state index in [1.165, 1.54) is 18.2 Å². The normalized spacial score (nSPS) is 10.6. The fraction of sp³-hybridized carbons (Fsp3) is 0.286. The summed E-state index contributed by atoms with van der Waals surface area (Å²) in [5, 5.41) is 8.64. The average molecular weight is 266 g/mol. The van der Waals surface area contributed by atoms with E-state index in [1.807, 2.05) is 0 Å². The van der Waals surface area contributed by atoms with Crippen molar-refractivity contribution in [2.45, 2.75) is 19.8 Å².